The third-order valence-electron chi connectivity index (χ3n) is 6.52. The van der Waals surface area contributed by atoms with Crippen LogP contribution in [-0.2, 0) is 11.3 Å². The molecule has 2 aliphatic heterocycles. The van der Waals surface area contributed by atoms with Gasteiger partial charge in [0.25, 0.3) is 0 Å². The Labute approximate surface area is 188 Å². The monoisotopic (exact) mass is 431 g/mol. The zero-order chi connectivity index (χ0) is 23.0. The van der Waals surface area contributed by atoms with Crippen LogP contribution in [0.5, 0.6) is 0 Å². The molecule has 0 aromatic carbocycles. The van der Waals surface area contributed by atoms with Gasteiger partial charge in [0.05, 0.1) is 0 Å². The van der Waals surface area contributed by atoms with Crippen molar-refractivity contribution in [3.63, 3.8) is 0 Å². The molecule has 3 rings (SSSR count). The molecule has 2 fully saturated rings. The summed E-state index contributed by atoms with van der Waals surface area (Å²) in [5, 5.41) is 0. The number of anilines is 1. The van der Waals surface area contributed by atoms with Gasteiger partial charge >= 0.3 is 6.09 Å². The van der Waals surface area contributed by atoms with E-state index in [1.165, 1.54) is 12.0 Å². The van der Waals surface area contributed by atoms with Crippen LogP contribution in [0.25, 0.3) is 0 Å². The van der Waals surface area contributed by atoms with E-state index in [1.54, 1.807) is 4.90 Å². The quantitative estimate of drug-likeness (QED) is 0.713. The van der Waals surface area contributed by atoms with Crippen LogP contribution in [0.3, 0.4) is 0 Å². The Morgan fingerprint density at radius 3 is 2.19 bits per heavy atom. The molecule has 0 N–H and O–H groups in total. The lowest BCUT2D eigenvalue weighted by molar-refractivity contribution is 0.0200. The molecule has 7 nitrogen and oxygen atoms in total. The van der Waals surface area contributed by atoms with Crippen molar-refractivity contribution in [1.82, 2.24) is 19.8 Å². The summed E-state index contributed by atoms with van der Waals surface area (Å²) < 4.78 is 5.52. The van der Waals surface area contributed by atoms with Gasteiger partial charge in [-0.05, 0) is 65.8 Å². The highest BCUT2D eigenvalue weighted by molar-refractivity contribution is 5.68. The van der Waals surface area contributed by atoms with Crippen LogP contribution in [0.1, 0.15) is 70.8 Å². The molecule has 7 heteroatoms. The summed E-state index contributed by atoms with van der Waals surface area (Å²) >= 11 is 0. The van der Waals surface area contributed by atoms with Crippen molar-refractivity contribution in [1.29, 1.82) is 0 Å². The summed E-state index contributed by atoms with van der Waals surface area (Å²) in [7, 11) is 1.84. The number of aromatic nitrogens is 2. The van der Waals surface area contributed by atoms with Crippen molar-refractivity contribution in [2.45, 2.75) is 85.9 Å². The molecule has 0 unspecified atom stereocenters. The van der Waals surface area contributed by atoms with Gasteiger partial charge in [-0.1, -0.05) is 13.8 Å². The van der Waals surface area contributed by atoms with Crippen molar-refractivity contribution in [2.75, 3.05) is 38.1 Å². The van der Waals surface area contributed by atoms with Gasteiger partial charge < -0.3 is 14.5 Å². The molecular formula is C24H41N5O2. The van der Waals surface area contributed by atoms with Gasteiger partial charge in [-0.25, -0.2) is 14.8 Å². The van der Waals surface area contributed by atoms with Gasteiger partial charge in [-0.3, -0.25) is 4.90 Å². The van der Waals surface area contributed by atoms with Crippen LogP contribution in [0.15, 0.2) is 0 Å². The van der Waals surface area contributed by atoms with E-state index in [1.807, 2.05) is 27.8 Å². The Morgan fingerprint density at radius 2 is 1.71 bits per heavy atom. The molecular weight excluding hydrogens is 390 g/mol. The van der Waals surface area contributed by atoms with Crippen molar-refractivity contribution in [3.8, 4) is 0 Å². The molecule has 0 aliphatic carbocycles. The zero-order valence-electron chi connectivity index (χ0n) is 20.8. The number of hydrogen-bond donors (Lipinski definition) is 0. The first-order valence-electron chi connectivity index (χ1n) is 11.6. The summed E-state index contributed by atoms with van der Waals surface area (Å²) in [6.07, 6.45) is 2.78. The summed E-state index contributed by atoms with van der Waals surface area (Å²) in [6.45, 7) is 19.5. The fourth-order valence-electron chi connectivity index (χ4n) is 4.61. The van der Waals surface area contributed by atoms with E-state index in [0.717, 1.165) is 62.9 Å². The van der Waals surface area contributed by atoms with E-state index in [4.69, 9.17) is 14.7 Å². The summed E-state index contributed by atoms with van der Waals surface area (Å²) in [6, 6.07) is 0.186. The van der Waals surface area contributed by atoms with Crippen molar-refractivity contribution < 1.29 is 9.53 Å². The number of carbonyl (C=O) groups is 1. The van der Waals surface area contributed by atoms with Crippen LogP contribution in [0.2, 0.25) is 0 Å². The molecule has 2 aliphatic rings. The number of nitrogens with zero attached hydrogens (tertiary/aromatic N) is 5. The molecule has 1 aromatic rings. The van der Waals surface area contributed by atoms with Gasteiger partial charge in [-0.15, -0.1) is 0 Å². The first-order chi connectivity index (χ1) is 14.3. The number of carbonyl (C=O) groups excluding carboxylic acids is 1. The average molecular weight is 432 g/mol. The lowest BCUT2D eigenvalue weighted by atomic mass is 9.93. The highest BCUT2D eigenvalue weighted by Crippen LogP contribution is 2.31. The number of hydrogen-bond acceptors (Lipinski definition) is 6. The van der Waals surface area contributed by atoms with Gasteiger partial charge in [0.2, 0.25) is 5.95 Å². The first kappa shape index (κ1) is 23.8. The first-order valence-corrected chi connectivity index (χ1v) is 11.6. The van der Waals surface area contributed by atoms with Gasteiger partial charge in [0.15, 0.2) is 0 Å². The summed E-state index contributed by atoms with van der Waals surface area (Å²) in [4.78, 5) is 28.7. The Balaban J connectivity index is 1.60. The number of piperidine rings is 1. The van der Waals surface area contributed by atoms with E-state index >= 15 is 0 Å². The maximum absolute atomic E-state index is 12.4. The Morgan fingerprint density at radius 1 is 1.13 bits per heavy atom. The average Bonchev–Trinajstić information content (AvgIpc) is 3.01. The van der Waals surface area contributed by atoms with E-state index in [-0.39, 0.29) is 12.1 Å². The Kier molecular flexibility index (Phi) is 6.84. The van der Waals surface area contributed by atoms with E-state index in [2.05, 4.69) is 37.5 Å². The maximum Gasteiger partial charge on any atom is 0.410 e. The minimum atomic E-state index is -0.471. The molecule has 0 radical (unpaired) electrons. The number of aryl methyl sites for hydroxylation is 2. The second kappa shape index (κ2) is 8.93. The highest BCUT2D eigenvalue weighted by Gasteiger charge is 2.31. The molecule has 0 atom stereocenters. The number of ether oxygens (including phenoxy) is 1. The molecule has 0 spiro atoms. The van der Waals surface area contributed by atoms with Gasteiger partial charge in [0.1, 0.15) is 5.60 Å². The minimum absolute atomic E-state index is 0.186. The summed E-state index contributed by atoms with van der Waals surface area (Å²) in [5.41, 5.74) is 3.36. The van der Waals surface area contributed by atoms with Crippen molar-refractivity contribution in [3.05, 3.63) is 17.0 Å². The van der Waals surface area contributed by atoms with Crippen LogP contribution in [0.4, 0.5) is 10.7 Å². The van der Waals surface area contributed by atoms with Crippen LogP contribution < -0.4 is 4.90 Å². The second-order valence-electron chi connectivity index (χ2n) is 11.1. The largest absolute Gasteiger partial charge is 0.444 e. The van der Waals surface area contributed by atoms with E-state index in [9.17, 15) is 4.79 Å². The number of amides is 1. The van der Waals surface area contributed by atoms with Gasteiger partial charge in [-0.2, -0.15) is 0 Å². The molecule has 3 heterocycles. The number of likely N-dealkylation sites (tertiary alicyclic amines) is 1. The predicted octanol–water partition coefficient (Wildman–Crippen LogP) is 4.16. The van der Waals surface area contributed by atoms with Crippen LogP contribution in [0, 0.1) is 19.3 Å². The SMILES string of the molecule is Cc1nc(N2CCC(N(C)C(=O)OC(C)(C)C)CC2)nc(C)c1CN1CCC(C)(C)C1. The standard InChI is InChI=1S/C24H41N5O2/c1-17-20(15-28-14-11-24(6,7)16-28)18(2)26-21(25-17)29-12-9-19(10-13-29)27(8)22(30)31-23(3,4)5/h19H,9-16H2,1-8H3. The third kappa shape index (κ3) is 6.09. The smallest absolute Gasteiger partial charge is 0.410 e. The molecule has 1 aromatic heterocycles. The van der Waals surface area contributed by atoms with E-state index < -0.39 is 5.60 Å². The van der Waals surface area contributed by atoms with E-state index in [0.29, 0.717) is 5.41 Å². The molecule has 31 heavy (non-hydrogen) atoms. The fraction of sp³-hybridized carbons (Fsp3) is 0.792. The van der Waals surface area contributed by atoms with Crippen molar-refractivity contribution in [2.24, 2.45) is 5.41 Å². The molecule has 0 bridgehead atoms. The topological polar surface area (TPSA) is 61.8 Å². The highest BCUT2D eigenvalue weighted by atomic mass is 16.6. The molecule has 2 saturated heterocycles. The van der Waals surface area contributed by atoms with Crippen molar-refractivity contribution >= 4 is 12.0 Å². The molecule has 0 saturated carbocycles. The number of rotatable bonds is 4. The Bertz CT molecular complexity index is 771. The fourth-order valence-corrected chi connectivity index (χ4v) is 4.61. The lowest BCUT2D eigenvalue weighted by Gasteiger charge is -2.37. The molecule has 174 valence electrons. The third-order valence-corrected chi connectivity index (χ3v) is 6.52. The second-order valence-corrected chi connectivity index (χ2v) is 11.1. The minimum Gasteiger partial charge on any atom is -0.444 e. The van der Waals surface area contributed by atoms with Crippen LogP contribution >= 0.6 is 0 Å². The molecule has 1 amide bonds. The lowest BCUT2D eigenvalue weighted by Crippen LogP contribution is -2.47. The normalized spacial score (nSPS) is 20.2. The predicted molar refractivity (Wildman–Crippen MR) is 124 cm³/mol. The maximum atomic E-state index is 12.4. The summed E-state index contributed by atoms with van der Waals surface area (Å²) in [5.74, 6) is 0.818. The zero-order valence-corrected chi connectivity index (χ0v) is 20.8. The Hall–Kier alpha value is -1.89. The van der Waals surface area contributed by atoms with Gasteiger partial charge in [0, 0.05) is 56.2 Å². The van der Waals surface area contributed by atoms with Crippen LogP contribution in [-0.4, -0.2) is 70.7 Å².